The van der Waals surface area contributed by atoms with Crippen molar-refractivity contribution in [2.45, 2.75) is 25.0 Å². The predicted molar refractivity (Wildman–Crippen MR) is 118 cm³/mol. The van der Waals surface area contributed by atoms with Crippen molar-refractivity contribution in [2.24, 2.45) is 13.0 Å². The minimum absolute atomic E-state index is 0.189. The molecule has 2 aliphatic rings. The number of hydrogen-bond donors (Lipinski definition) is 4. The van der Waals surface area contributed by atoms with Crippen LogP contribution in [-0.2, 0) is 16.3 Å². The van der Waals surface area contributed by atoms with Gasteiger partial charge in [-0.25, -0.2) is 13.8 Å². The second kappa shape index (κ2) is 9.76. The van der Waals surface area contributed by atoms with Crippen molar-refractivity contribution in [1.29, 1.82) is 0 Å². The summed E-state index contributed by atoms with van der Waals surface area (Å²) in [4.78, 5) is 40.7. The van der Waals surface area contributed by atoms with Gasteiger partial charge in [-0.15, -0.1) is 10.2 Å². The number of carbonyl (C=O) groups excluding carboxylic acids is 1. The summed E-state index contributed by atoms with van der Waals surface area (Å²) in [5.74, 6) is 0.0865. The van der Waals surface area contributed by atoms with Gasteiger partial charge in [-0.3, -0.25) is 9.88 Å². The van der Waals surface area contributed by atoms with Gasteiger partial charge in [0.15, 0.2) is 0 Å². The number of phosphoric acid groups is 1. The number of aliphatic hydroxyl groups is 1. The summed E-state index contributed by atoms with van der Waals surface area (Å²) in [6.07, 6.45) is 1.59. The Hall–Kier alpha value is -3.29. The lowest BCUT2D eigenvalue weighted by atomic mass is 10.1. The second-order valence-corrected chi connectivity index (χ2v) is 9.10. The number of benzene rings is 1. The molecule has 1 aliphatic carbocycles. The monoisotopic (exact) mass is 508 g/mol. The molecule has 2 atom stereocenters. The number of aliphatic hydroxyl groups excluding tert-OH is 1. The van der Waals surface area contributed by atoms with E-state index < -0.39 is 31.9 Å². The van der Waals surface area contributed by atoms with E-state index in [1.54, 1.807) is 31.3 Å². The highest BCUT2D eigenvalue weighted by molar-refractivity contribution is 7.45. The summed E-state index contributed by atoms with van der Waals surface area (Å²) in [6, 6.07) is 7.97. The third kappa shape index (κ3) is 6.24. The Kier molecular flexibility index (Phi) is 6.92. The van der Waals surface area contributed by atoms with Crippen LogP contribution in [0, 0.1) is 11.7 Å². The second-order valence-electron chi connectivity index (χ2n) is 8.07. The fraction of sp³-hybridized carbons (Fsp3) is 0.350. The largest absolute Gasteiger partial charge is 0.466 e. The first-order valence-electron chi connectivity index (χ1n) is 10.4. The number of tetrazole rings is 1. The van der Waals surface area contributed by atoms with Crippen LogP contribution >= 0.6 is 7.82 Å². The lowest BCUT2D eigenvalue weighted by molar-refractivity contribution is 0.0200. The number of pyridine rings is 1. The highest BCUT2D eigenvalue weighted by Gasteiger charge is 2.43. The average Bonchev–Trinajstić information content (AvgIpc) is 3.44. The van der Waals surface area contributed by atoms with Gasteiger partial charge in [0.2, 0.25) is 5.82 Å². The Morgan fingerprint density at radius 1 is 1.20 bits per heavy atom. The van der Waals surface area contributed by atoms with Gasteiger partial charge in [-0.2, -0.15) is 4.80 Å². The van der Waals surface area contributed by atoms with Gasteiger partial charge >= 0.3 is 13.9 Å². The molecule has 1 aromatic carbocycles. The summed E-state index contributed by atoms with van der Waals surface area (Å²) in [6.45, 7) is 0.205. The molecule has 3 aromatic rings. The van der Waals surface area contributed by atoms with E-state index in [1.807, 2.05) is 0 Å². The normalized spacial score (nSPS) is 18.6. The quantitative estimate of drug-likeness (QED) is 0.364. The molecule has 186 valence electrons. The van der Waals surface area contributed by atoms with Crippen molar-refractivity contribution < 1.29 is 38.3 Å². The standard InChI is InChI=1S/C20H19FN6O3.H3O4P/c1-26-24-19(23-25-26)16-7-4-12(9-22-16)14-6-5-13(8-15(14)21)27-10-17(30-20(27)29)18(28)11-2-3-11;1-5(2,3)4/h4-9,11,17-18,28H,2-3,10H2,1H3;(H3,1,2,3,4)/t17-,18?;/m1./s1. The highest BCUT2D eigenvalue weighted by Crippen LogP contribution is 2.37. The molecule has 15 heteroatoms. The molecule has 3 heterocycles. The molecule has 5 rings (SSSR count). The first-order valence-corrected chi connectivity index (χ1v) is 12.0. The van der Waals surface area contributed by atoms with E-state index in [4.69, 9.17) is 24.0 Å². The number of aromatic nitrogens is 5. The van der Waals surface area contributed by atoms with E-state index in [-0.39, 0.29) is 12.5 Å². The SMILES string of the molecule is Cn1nnc(-c2ccc(-c3ccc(N4C[C@H](C(O)C5CC5)OC4=O)cc3F)cn2)n1.O=P(O)(O)O. The summed E-state index contributed by atoms with van der Waals surface area (Å²) >= 11 is 0. The van der Waals surface area contributed by atoms with E-state index in [0.29, 0.717) is 28.3 Å². The zero-order chi connectivity index (χ0) is 25.3. The number of amides is 1. The molecular weight excluding hydrogens is 486 g/mol. The van der Waals surface area contributed by atoms with Crippen molar-refractivity contribution >= 4 is 19.6 Å². The fourth-order valence-electron chi connectivity index (χ4n) is 3.59. The number of nitrogens with zero attached hydrogens (tertiary/aromatic N) is 6. The zero-order valence-corrected chi connectivity index (χ0v) is 19.2. The number of anilines is 1. The van der Waals surface area contributed by atoms with Gasteiger partial charge in [0.1, 0.15) is 17.6 Å². The molecular formula is C20H22FN6O7P. The maximum absolute atomic E-state index is 14.8. The Bertz CT molecular complexity index is 1250. The van der Waals surface area contributed by atoms with E-state index in [2.05, 4.69) is 20.4 Å². The molecule has 2 fully saturated rings. The number of aryl methyl sites for hydroxylation is 1. The van der Waals surface area contributed by atoms with Crippen LogP contribution in [0.5, 0.6) is 0 Å². The summed E-state index contributed by atoms with van der Waals surface area (Å²) in [5.41, 5.74) is 1.86. The van der Waals surface area contributed by atoms with Crippen molar-refractivity contribution in [3.05, 3.63) is 42.3 Å². The van der Waals surface area contributed by atoms with Crippen molar-refractivity contribution in [3.8, 4) is 22.6 Å². The molecule has 4 N–H and O–H groups in total. The molecule has 1 amide bonds. The van der Waals surface area contributed by atoms with Crippen LogP contribution < -0.4 is 4.90 Å². The van der Waals surface area contributed by atoms with Crippen LogP contribution in [0.3, 0.4) is 0 Å². The fourth-order valence-corrected chi connectivity index (χ4v) is 3.59. The third-order valence-corrected chi connectivity index (χ3v) is 5.40. The van der Waals surface area contributed by atoms with Crippen LogP contribution in [0.25, 0.3) is 22.6 Å². The first-order chi connectivity index (χ1) is 16.5. The van der Waals surface area contributed by atoms with E-state index >= 15 is 0 Å². The molecule has 1 aliphatic heterocycles. The Morgan fingerprint density at radius 2 is 1.91 bits per heavy atom. The summed E-state index contributed by atoms with van der Waals surface area (Å²) < 4.78 is 29.0. The molecule has 13 nitrogen and oxygen atoms in total. The highest BCUT2D eigenvalue weighted by atomic mass is 31.2. The van der Waals surface area contributed by atoms with Gasteiger partial charge < -0.3 is 24.5 Å². The number of ether oxygens (including phenoxy) is 1. The smallest absolute Gasteiger partial charge is 0.441 e. The maximum Gasteiger partial charge on any atom is 0.466 e. The lowest BCUT2D eigenvalue weighted by Gasteiger charge is -2.16. The molecule has 35 heavy (non-hydrogen) atoms. The Balaban J connectivity index is 0.000000527. The first kappa shape index (κ1) is 24.8. The van der Waals surface area contributed by atoms with E-state index in [1.165, 1.54) is 22.0 Å². The molecule has 2 aromatic heterocycles. The predicted octanol–water partition coefficient (Wildman–Crippen LogP) is 1.25. The molecule has 1 unspecified atom stereocenters. The van der Waals surface area contributed by atoms with Gasteiger partial charge in [0.05, 0.1) is 25.4 Å². The van der Waals surface area contributed by atoms with Gasteiger partial charge in [-0.05, 0) is 48.2 Å². The maximum atomic E-state index is 14.8. The number of hydrogen-bond acceptors (Lipinski definition) is 8. The summed E-state index contributed by atoms with van der Waals surface area (Å²) in [5, 5.41) is 22.0. The summed E-state index contributed by atoms with van der Waals surface area (Å²) in [7, 11) is -2.98. The minimum atomic E-state index is -4.64. The van der Waals surface area contributed by atoms with E-state index in [0.717, 1.165) is 12.8 Å². The Labute approximate surface area is 198 Å². The number of cyclic esters (lactones) is 1. The third-order valence-electron chi connectivity index (χ3n) is 5.40. The average molecular weight is 508 g/mol. The van der Waals surface area contributed by atoms with Crippen molar-refractivity contribution in [2.75, 3.05) is 11.4 Å². The zero-order valence-electron chi connectivity index (χ0n) is 18.3. The topological polar surface area (TPSA) is 184 Å². The van der Waals surface area contributed by atoms with Gasteiger partial charge in [-0.1, -0.05) is 6.07 Å². The minimum Gasteiger partial charge on any atom is -0.441 e. The number of rotatable bonds is 5. The van der Waals surface area contributed by atoms with Crippen LogP contribution in [-0.4, -0.2) is 69.8 Å². The number of halogens is 1. The van der Waals surface area contributed by atoms with Crippen molar-refractivity contribution in [1.82, 2.24) is 25.2 Å². The molecule has 1 saturated heterocycles. The van der Waals surface area contributed by atoms with Gasteiger partial charge in [0.25, 0.3) is 0 Å². The molecule has 0 bridgehead atoms. The van der Waals surface area contributed by atoms with Gasteiger partial charge in [0, 0.05) is 17.3 Å². The lowest BCUT2D eigenvalue weighted by Crippen LogP contribution is -2.32. The van der Waals surface area contributed by atoms with Crippen molar-refractivity contribution in [3.63, 3.8) is 0 Å². The molecule has 0 radical (unpaired) electrons. The van der Waals surface area contributed by atoms with Crippen LogP contribution in [0.15, 0.2) is 36.5 Å². The van der Waals surface area contributed by atoms with Crippen LogP contribution in [0.2, 0.25) is 0 Å². The molecule has 1 saturated carbocycles. The number of carbonyl (C=O) groups is 1. The van der Waals surface area contributed by atoms with Crippen LogP contribution in [0.1, 0.15) is 12.8 Å². The molecule has 0 spiro atoms. The van der Waals surface area contributed by atoms with Crippen LogP contribution in [0.4, 0.5) is 14.9 Å². The Morgan fingerprint density at radius 3 is 2.46 bits per heavy atom. The van der Waals surface area contributed by atoms with E-state index in [9.17, 15) is 14.3 Å².